The zero-order chi connectivity index (χ0) is 12.2. The largest absolute Gasteiger partial charge is 0.385 e. The molecule has 1 N–H and O–H groups in total. The van der Waals surface area contributed by atoms with E-state index in [0.29, 0.717) is 6.04 Å². The van der Waals surface area contributed by atoms with Gasteiger partial charge in [-0.1, -0.05) is 0 Å². The van der Waals surface area contributed by atoms with Crippen LogP contribution in [0.5, 0.6) is 0 Å². The van der Waals surface area contributed by atoms with E-state index in [1.807, 2.05) is 0 Å². The van der Waals surface area contributed by atoms with Gasteiger partial charge in [-0.05, 0) is 33.4 Å². The van der Waals surface area contributed by atoms with E-state index < -0.39 is 0 Å². The fourth-order valence-corrected chi connectivity index (χ4v) is 1.49. The number of nitrogens with one attached hydrogen (secondary N) is 1. The lowest BCUT2D eigenvalue weighted by Crippen LogP contribution is -2.39. The quantitative estimate of drug-likeness (QED) is 0.538. The highest BCUT2D eigenvalue weighted by Gasteiger charge is 2.07. The van der Waals surface area contributed by atoms with Crippen molar-refractivity contribution in [3.63, 3.8) is 0 Å². The molecule has 1 atom stereocenters. The van der Waals surface area contributed by atoms with E-state index in [4.69, 9.17) is 9.47 Å². The number of hydrogen-bond acceptors (Lipinski definition) is 4. The van der Waals surface area contributed by atoms with Crippen LogP contribution in [-0.2, 0) is 9.47 Å². The molecule has 0 aliphatic carbocycles. The molecule has 0 aromatic heterocycles. The summed E-state index contributed by atoms with van der Waals surface area (Å²) in [5.41, 5.74) is 0. The summed E-state index contributed by atoms with van der Waals surface area (Å²) in [4.78, 5) is 2.36. The summed E-state index contributed by atoms with van der Waals surface area (Å²) >= 11 is 0. The molecule has 0 aromatic rings. The van der Waals surface area contributed by atoms with E-state index in [-0.39, 0.29) is 0 Å². The normalized spacial score (nSPS) is 13.3. The molecule has 98 valence electrons. The van der Waals surface area contributed by atoms with Crippen LogP contribution < -0.4 is 5.32 Å². The zero-order valence-electron chi connectivity index (χ0n) is 11.3. The molecule has 1 unspecified atom stereocenters. The Bertz CT molecular complexity index is 145. The van der Waals surface area contributed by atoms with Crippen LogP contribution in [0.2, 0.25) is 0 Å². The number of ether oxygens (including phenoxy) is 2. The summed E-state index contributed by atoms with van der Waals surface area (Å²) in [6.07, 6.45) is 2.18. The van der Waals surface area contributed by atoms with Gasteiger partial charge in [0.25, 0.3) is 0 Å². The van der Waals surface area contributed by atoms with Crippen molar-refractivity contribution in [2.45, 2.75) is 25.8 Å². The number of methoxy groups -OCH3 is 2. The Balaban J connectivity index is 3.36. The second kappa shape index (κ2) is 11.3. The maximum Gasteiger partial charge on any atom is 0.0474 e. The number of hydrogen-bond donors (Lipinski definition) is 1. The first-order valence-corrected chi connectivity index (χ1v) is 6.11. The second-order valence-electron chi connectivity index (χ2n) is 4.23. The highest BCUT2D eigenvalue weighted by Crippen LogP contribution is 1.96. The van der Waals surface area contributed by atoms with E-state index in [1.165, 1.54) is 0 Å². The highest BCUT2D eigenvalue weighted by molar-refractivity contribution is 4.66. The Kier molecular flexibility index (Phi) is 11.2. The Morgan fingerprint density at radius 3 is 2.38 bits per heavy atom. The van der Waals surface area contributed by atoms with E-state index >= 15 is 0 Å². The standard InChI is InChI=1S/C12H28N2O2/c1-12(11-13-7-5-9-15-3)14(2)8-6-10-16-4/h12-13H,5-11H2,1-4H3. The van der Waals surface area contributed by atoms with Crippen LogP contribution in [0.3, 0.4) is 0 Å². The number of nitrogens with zero attached hydrogens (tertiary/aromatic N) is 1. The van der Waals surface area contributed by atoms with Crippen LogP contribution in [0.4, 0.5) is 0 Å². The zero-order valence-corrected chi connectivity index (χ0v) is 11.3. The van der Waals surface area contributed by atoms with Gasteiger partial charge >= 0.3 is 0 Å². The number of likely N-dealkylation sites (N-methyl/N-ethyl adjacent to an activating group) is 1. The third kappa shape index (κ3) is 9.09. The van der Waals surface area contributed by atoms with Gasteiger partial charge in [0.1, 0.15) is 0 Å². The van der Waals surface area contributed by atoms with Gasteiger partial charge in [0.05, 0.1) is 0 Å². The van der Waals surface area contributed by atoms with Crippen LogP contribution in [0.15, 0.2) is 0 Å². The first-order valence-electron chi connectivity index (χ1n) is 6.11. The average Bonchev–Trinajstić information content (AvgIpc) is 2.28. The van der Waals surface area contributed by atoms with Gasteiger partial charge in [0, 0.05) is 46.6 Å². The molecule has 0 heterocycles. The van der Waals surface area contributed by atoms with Crippen molar-refractivity contribution < 1.29 is 9.47 Å². The van der Waals surface area contributed by atoms with Gasteiger partial charge in [-0.15, -0.1) is 0 Å². The van der Waals surface area contributed by atoms with Gasteiger partial charge < -0.3 is 19.7 Å². The SMILES string of the molecule is COCCCNCC(C)N(C)CCCOC. The van der Waals surface area contributed by atoms with Crippen molar-refractivity contribution in [3.05, 3.63) is 0 Å². The molecule has 0 fully saturated rings. The molecule has 0 spiro atoms. The van der Waals surface area contributed by atoms with Crippen molar-refractivity contribution in [2.75, 3.05) is 54.1 Å². The minimum absolute atomic E-state index is 0.569. The predicted octanol–water partition coefficient (Wildman–Crippen LogP) is 0.969. The van der Waals surface area contributed by atoms with Gasteiger partial charge in [0.2, 0.25) is 0 Å². The molecule has 0 bridgehead atoms. The minimum atomic E-state index is 0.569. The molecular weight excluding hydrogens is 204 g/mol. The van der Waals surface area contributed by atoms with Crippen molar-refractivity contribution >= 4 is 0 Å². The summed E-state index contributed by atoms with van der Waals surface area (Å²) in [6, 6.07) is 0.569. The molecule has 0 rings (SSSR count). The van der Waals surface area contributed by atoms with E-state index in [9.17, 15) is 0 Å². The Morgan fingerprint density at radius 2 is 1.75 bits per heavy atom. The summed E-state index contributed by atoms with van der Waals surface area (Å²) < 4.78 is 10.0. The lowest BCUT2D eigenvalue weighted by Gasteiger charge is -2.24. The average molecular weight is 232 g/mol. The van der Waals surface area contributed by atoms with Gasteiger partial charge in [0.15, 0.2) is 0 Å². The van der Waals surface area contributed by atoms with Crippen LogP contribution >= 0.6 is 0 Å². The third-order valence-corrected chi connectivity index (χ3v) is 2.75. The fourth-order valence-electron chi connectivity index (χ4n) is 1.49. The molecule has 0 saturated carbocycles. The second-order valence-corrected chi connectivity index (χ2v) is 4.23. The molecule has 0 aromatic carbocycles. The topological polar surface area (TPSA) is 33.7 Å². The summed E-state index contributed by atoms with van der Waals surface area (Å²) in [7, 11) is 5.66. The van der Waals surface area contributed by atoms with E-state index in [2.05, 4.69) is 24.2 Å². The third-order valence-electron chi connectivity index (χ3n) is 2.75. The summed E-state index contributed by atoms with van der Waals surface area (Å²) in [5.74, 6) is 0. The Morgan fingerprint density at radius 1 is 1.12 bits per heavy atom. The molecule has 4 heteroatoms. The van der Waals surface area contributed by atoms with Crippen molar-refractivity contribution in [2.24, 2.45) is 0 Å². The summed E-state index contributed by atoms with van der Waals surface area (Å²) in [6.45, 7) is 7.09. The first kappa shape index (κ1) is 15.8. The predicted molar refractivity (Wildman–Crippen MR) is 67.9 cm³/mol. The smallest absolute Gasteiger partial charge is 0.0474 e. The summed E-state index contributed by atoms with van der Waals surface area (Å²) in [5, 5.41) is 3.44. The van der Waals surface area contributed by atoms with Crippen LogP contribution in [0.1, 0.15) is 19.8 Å². The molecule has 0 aliphatic rings. The van der Waals surface area contributed by atoms with E-state index in [1.54, 1.807) is 14.2 Å². The van der Waals surface area contributed by atoms with Crippen LogP contribution in [0.25, 0.3) is 0 Å². The maximum absolute atomic E-state index is 5.04. The van der Waals surface area contributed by atoms with Crippen molar-refractivity contribution in [1.82, 2.24) is 10.2 Å². The van der Waals surface area contributed by atoms with Crippen molar-refractivity contribution in [1.29, 1.82) is 0 Å². The maximum atomic E-state index is 5.04. The molecular formula is C12H28N2O2. The minimum Gasteiger partial charge on any atom is -0.385 e. The number of rotatable bonds is 11. The molecule has 0 radical (unpaired) electrons. The molecule has 0 amide bonds. The fraction of sp³-hybridized carbons (Fsp3) is 1.00. The van der Waals surface area contributed by atoms with E-state index in [0.717, 1.165) is 45.7 Å². The highest BCUT2D eigenvalue weighted by atomic mass is 16.5. The van der Waals surface area contributed by atoms with Crippen LogP contribution in [-0.4, -0.2) is 65.1 Å². The first-order chi connectivity index (χ1) is 7.72. The lowest BCUT2D eigenvalue weighted by atomic mass is 10.2. The lowest BCUT2D eigenvalue weighted by molar-refractivity contribution is 0.166. The molecule has 0 saturated heterocycles. The molecule has 0 aliphatic heterocycles. The molecule has 16 heavy (non-hydrogen) atoms. The van der Waals surface area contributed by atoms with Gasteiger partial charge in [-0.3, -0.25) is 0 Å². The molecule has 4 nitrogen and oxygen atoms in total. The van der Waals surface area contributed by atoms with Gasteiger partial charge in [-0.25, -0.2) is 0 Å². The Hall–Kier alpha value is -0.160. The Labute approximate surface area is 100 Å². The monoisotopic (exact) mass is 232 g/mol. The van der Waals surface area contributed by atoms with Gasteiger partial charge in [-0.2, -0.15) is 0 Å². The van der Waals surface area contributed by atoms with Crippen LogP contribution in [0, 0.1) is 0 Å². The van der Waals surface area contributed by atoms with Crippen molar-refractivity contribution in [3.8, 4) is 0 Å².